The van der Waals surface area contributed by atoms with Crippen LogP contribution in [0.1, 0.15) is 5.56 Å². The summed E-state index contributed by atoms with van der Waals surface area (Å²) < 4.78 is 56.2. The van der Waals surface area contributed by atoms with E-state index < -0.39 is 21.9 Å². The minimum atomic E-state index is -4.35. The van der Waals surface area contributed by atoms with Gasteiger partial charge in [0.15, 0.2) is 11.4 Å². The largest absolute Gasteiger partial charge is 0.491 e. The standard InChI is InChI=1S/C30H23FN4O6S/c1-17-9-11-20(12-10-17)42(38,39)35-27(25(18-6-4-7-19(31)14-18)21-8-5-13-32-28(21)35)22-16-34(30(36)37)23-15-24(40-2)29(41-3)33-26(22)23/h4-16H,1-3H3,(H,36,37). The highest BCUT2D eigenvalue weighted by molar-refractivity contribution is 7.90. The van der Waals surface area contributed by atoms with Gasteiger partial charge in [-0.2, -0.15) is 0 Å². The number of carboxylic acid groups (broad SMARTS) is 1. The average molecular weight is 587 g/mol. The Labute approximate surface area is 239 Å². The molecule has 6 rings (SSSR count). The first-order chi connectivity index (χ1) is 20.1. The molecule has 0 saturated heterocycles. The Hall–Kier alpha value is -5.23. The predicted molar refractivity (Wildman–Crippen MR) is 154 cm³/mol. The van der Waals surface area contributed by atoms with Crippen LogP contribution in [0.4, 0.5) is 9.18 Å². The van der Waals surface area contributed by atoms with E-state index >= 15 is 0 Å². The fourth-order valence-electron chi connectivity index (χ4n) is 5.05. The molecule has 10 nitrogen and oxygen atoms in total. The number of rotatable bonds is 6. The van der Waals surface area contributed by atoms with Crippen LogP contribution in [0.15, 0.2) is 84.0 Å². The molecule has 12 heteroatoms. The van der Waals surface area contributed by atoms with Crippen molar-refractivity contribution in [3.63, 3.8) is 0 Å². The molecule has 1 N–H and O–H groups in total. The van der Waals surface area contributed by atoms with Crippen molar-refractivity contribution in [1.82, 2.24) is 18.5 Å². The minimum Gasteiger partial charge on any atom is -0.491 e. The second-order valence-electron chi connectivity index (χ2n) is 9.45. The summed E-state index contributed by atoms with van der Waals surface area (Å²) in [6.45, 7) is 1.84. The van der Waals surface area contributed by atoms with Crippen molar-refractivity contribution in [2.75, 3.05) is 14.2 Å². The predicted octanol–water partition coefficient (Wildman–Crippen LogP) is 5.95. The molecule has 0 bridgehead atoms. The molecular formula is C30H23FN4O6S. The Morgan fingerprint density at radius 2 is 1.76 bits per heavy atom. The normalized spacial score (nSPS) is 11.7. The summed E-state index contributed by atoms with van der Waals surface area (Å²) in [5.74, 6) is -0.303. The lowest BCUT2D eigenvalue weighted by Crippen LogP contribution is -2.15. The Morgan fingerprint density at radius 1 is 1.00 bits per heavy atom. The first-order valence-corrected chi connectivity index (χ1v) is 14.0. The molecule has 0 saturated carbocycles. The van der Waals surface area contributed by atoms with Crippen molar-refractivity contribution >= 4 is 38.2 Å². The number of halogens is 1. The number of hydrogen-bond acceptors (Lipinski definition) is 7. The Balaban J connectivity index is 1.84. The number of methoxy groups -OCH3 is 2. The molecular weight excluding hydrogens is 563 g/mol. The quantitative estimate of drug-likeness (QED) is 0.254. The topological polar surface area (TPSA) is 126 Å². The van der Waals surface area contributed by atoms with Gasteiger partial charge >= 0.3 is 6.09 Å². The van der Waals surface area contributed by atoms with E-state index in [2.05, 4.69) is 9.97 Å². The molecule has 42 heavy (non-hydrogen) atoms. The Morgan fingerprint density at radius 3 is 2.43 bits per heavy atom. The molecule has 0 radical (unpaired) electrons. The molecule has 2 aromatic carbocycles. The summed E-state index contributed by atoms with van der Waals surface area (Å²) >= 11 is 0. The van der Waals surface area contributed by atoms with E-state index in [1.807, 2.05) is 6.92 Å². The number of aryl methyl sites for hydroxylation is 1. The molecule has 4 heterocycles. The zero-order valence-electron chi connectivity index (χ0n) is 22.6. The first-order valence-electron chi connectivity index (χ1n) is 12.6. The maximum absolute atomic E-state index is 14.6. The van der Waals surface area contributed by atoms with Crippen LogP contribution in [0, 0.1) is 12.7 Å². The third-order valence-corrected chi connectivity index (χ3v) is 8.65. The third-order valence-electron chi connectivity index (χ3n) is 6.94. The average Bonchev–Trinajstić information content (AvgIpc) is 3.52. The van der Waals surface area contributed by atoms with Crippen LogP contribution in [0.25, 0.3) is 44.5 Å². The third kappa shape index (κ3) is 4.15. The van der Waals surface area contributed by atoms with Gasteiger partial charge in [-0.3, -0.25) is 4.57 Å². The van der Waals surface area contributed by atoms with Crippen LogP contribution < -0.4 is 9.47 Å². The van der Waals surface area contributed by atoms with Gasteiger partial charge < -0.3 is 14.6 Å². The summed E-state index contributed by atoms with van der Waals surface area (Å²) in [5, 5.41) is 10.5. The fraction of sp³-hybridized carbons (Fsp3) is 0.100. The molecule has 6 aromatic rings. The molecule has 0 unspecified atom stereocenters. The second kappa shape index (κ2) is 10.00. The highest BCUT2D eigenvalue weighted by Gasteiger charge is 2.32. The number of fused-ring (bicyclic) bond motifs is 2. The van der Waals surface area contributed by atoms with Gasteiger partial charge in [-0.05, 0) is 48.9 Å². The van der Waals surface area contributed by atoms with E-state index in [9.17, 15) is 22.7 Å². The van der Waals surface area contributed by atoms with Gasteiger partial charge in [-0.25, -0.2) is 31.5 Å². The highest BCUT2D eigenvalue weighted by Crippen LogP contribution is 2.45. The lowest BCUT2D eigenvalue weighted by molar-refractivity contribution is 0.197. The lowest BCUT2D eigenvalue weighted by Gasteiger charge is -2.13. The zero-order valence-corrected chi connectivity index (χ0v) is 23.4. The smallest absolute Gasteiger partial charge is 0.416 e. The number of hydrogen-bond donors (Lipinski definition) is 1. The number of nitrogens with zero attached hydrogens (tertiary/aromatic N) is 4. The first kappa shape index (κ1) is 27.0. The zero-order chi connectivity index (χ0) is 29.8. The van der Waals surface area contributed by atoms with Gasteiger partial charge in [0.25, 0.3) is 15.9 Å². The van der Waals surface area contributed by atoms with Crippen molar-refractivity contribution in [2.45, 2.75) is 11.8 Å². The van der Waals surface area contributed by atoms with Crippen molar-refractivity contribution in [1.29, 1.82) is 0 Å². The van der Waals surface area contributed by atoms with Crippen LogP contribution in [0.3, 0.4) is 0 Å². The molecule has 0 aliphatic rings. The van der Waals surface area contributed by atoms with Crippen LogP contribution in [0.5, 0.6) is 11.6 Å². The number of benzene rings is 2. The van der Waals surface area contributed by atoms with Crippen molar-refractivity contribution in [3.05, 3.63) is 90.5 Å². The van der Waals surface area contributed by atoms with E-state index in [0.29, 0.717) is 16.5 Å². The van der Waals surface area contributed by atoms with E-state index in [-0.39, 0.29) is 44.5 Å². The highest BCUT2D eigenvalue weighted by atomic mass is 32.2. The number of ether oxygens (including phenoxy) is 2. The van der Waals surface area contributed by atoms with Gasteiger partial charge in [0.05, 0.1) is 30.3 Å². The van der Waals surface area contributed by atoms with Crippen molar-refractivity contribution < 1.29 is 32.2 Å². The summed E-state index contributed by atoms with van der Waals surface area (Å²) in [6.07, 6.45) is 1.39. The Bertz CT molecular complexity index is 2140. The molecule has 0 spiro atoms. The van der Waals surface area contributed by atoms with Crippen molar-refractivity contribution in [2.24, 2.45) is 0 Å². The van der Waals surface area contributed by atoms with E-state index in [0.717, 1.165) is 14.1 Å². The van der Waals surface area contributed by atoms with E-state index in [1.165, 1.54) is 63.0 Å². The van der Waals surface area contributed by atoms with Gasteiger partial charge in [0.2, 0.25) is 0 Å². The molecule has 0 amide bonds. The molecule has 0 aliphatic carbocycles. The molecule has 212 valence electrons. The van der Waals surface area contributed by atoms with Gasteiger partial charge in [-0.15, -0.1) is 0 Å². The van der Waals surface area contributed by atoms with Gasteiger partial charge in [0, 0.05) is 35.0 Å². The molecule has 0 atom stereocenters. The van der Waals surface area contributed by atoms with Gasteiger partial charge in [0.1, 0.15) is 11.3 Å². The van der Waals surface area contributed by atoms with Crippen LogP contribution in [-0.2, 0) is 10.0 Å². The van der Waals surface area contributed by atoms with E-state index in [1.54, 1.807) is 30.3 Å². The maximum Gasteiger partial charge on any atom is 0.416 e. The second-order valence-corrected chi connectivity index (χ2v) is 11.2. The fourth-order valence-corrected chi connectivity index (χ4v) is 6.55. The summed E-state index contributed by atoms with van der Waals surface area (Å²) in [5.41, 5.74) is 2.06. The van der Waals surface area contributed by atoms with Crippen LogP contribution >= 0.6 is 0 Å². The number of pyridine rings is 2. The molecule has 0 aliphatic heterocycles. The van der Waals surface area contributed by atoms with Gasteiger partial charge in [-0.1, -0.05) is 29.8 Å². The monoisotopic (exact) mass is 586 g/mol. The van der Waals surface area contributed by atoms with Crippen LogP contribution in [0.2, 0.25) is 0 Å². The maximum atomic E-state index is 14.6. The van der Waals surface area contributed by atoms with E-state index in [4.69, 9.17) is 9.47 Å². The SMILES string of the molecule is COc1cc2c(nc1OC)c(-c1c(-c3cccc(F)c3)c3cccnc3n1S(=O)(=O)c1ccc(C)cc1)cn2C(=O)O. The number of carbonyl (C=O) groups is 1. The molecule has 4 aromatic heterocycles. The molecule has 0 fully saturated rings. The summed E-state index contributed by atoms with van der Waals surface area (Å²) in [6, 6.07) is 16.8. The minimum absolute atomic E-state index is 0.0168. The number of aromatic nitrogens is 4. The lowest BCUT2D eigenvalue weighted by atomic mass is 9.99. The Kier molecular flexibility index (Phi) is 6.42. The van der Waals surface area contributed by atoms with Crippen LogP contribution in [-0.4, -0.2) is 52.3 Å². The summed E-state index contributed by atoms with van der Waals surface area (Å²) in [4.78, 5) is 21.3. The van der Waals surface area contributed by atoms with Crippen molar-refractivity contribution in [3.8, 4) is 34.0 Å². The summed E-state index contributed by atoms with van der Waals surface area (Å²) in [7, 11) is -1.58.